The molecule has 0 radical (unpaired) electrons. The van der Waals surface area contributed by atoms with Crippen LogP contribution >= 0.6 is 20.2 Å². The molecule has 0 aromatic heterocycles. The number of hydrogen-bond acceptors (Lipinski definition) is 1. The predicted octanol–water partition coefficient (Wildman–Crippen LogP) is -0.664. The average Bonchev–Trinajstić information content (AvgIpc) is 1.46. The first-order valence-corrected chi connectivity index (χ1v) is 3.27. The number of aliphatic hydroxyl groups is 1. The summed E-state index contributed by atoms with van der Waals surface area (Å²) >= 11 is 0.757. The Morgan fingerprint density at radius 1 is 1.14 bits per heavy atom. The van der Waals surface area contributed by atoms with Crippen LogP contribution in [0.5, 0.6) is 0 Å². The average molecular weight is 203 g/mol. The molecule has 0 atom stereocenters. The Kier molecular flexibility index (Phi) is 223. The molecule has 0 aliphatic carbocycles. The van der Waals surface area contributed by atoms with E-state index < -0.39 is 0 Å². The number of rotatable bonds is 0. The Bertz CT molecular complexity index is 12.9. The molecule has 0 aliphatic heterocycles. The van der Waals surface area contributed by atoms with Gasteiger partial charge in [0.2, 0.25) is 0 Å². The minimum absolute atomic E-state index is 0. The summed E-state index contributed by atoms with van der Waals surface area (Å²) in [5.41, 5.74) is 0. The molecule has 0 heterocycles. The summed E-state index contributed by atoms with van der Waals surface area (Å²) in [6.07, 6.45) is 0. The van der Waals surface area contributed by atoms with Gasteiger partial charge in [0, 0.05) is 7.11 Å². The molecule has 0 amide bonds. The first kappa shape index (κ1) is 24.5. The molecule has 0 saturated carbocycles. The summed E-state index contributed by atoms with van der Waals surface area (Å²) in [4.78, 5) is 0. The summed E-state index contributed by atoms with van der Waals surface area (Å²) in [7, 11) is 10.3. The molecule has 6 heteroatoms. The van der Waals surface area contributed by atoms with Gasteiger partial charge in [-0.25, -0.2) is 0 Å². The Hall–Kier alpha value is 0.979. The summed E-state index contributed by atoms with van der Waals surface area (Å²) in [5, 5.41) is 7.00. The van der Waals surface area contributed by atoms with E-state index in [1.807, 2.05) is 0 Å². The molecule has 55 valence electrons. The minimum atomic E-state index is 0. The van der Waals surface area contributed by atoms with Crippen LogP contribution in [0, 0.1) is 0 Å². The Morgan fingerprint density at radius 2 is 1.14 bits per heavy atom. The first-order chi connectivity index (χ1) is 2.41. The second kappa shape index (κ2) is 63.7. The van der Waals surface area contributed by atoms with E-state index in [2.05, 4.69) is 20.2 Å². The molecule has 0 unspecified atom stereocenters. The number of hydrogen-bond donors (Lipinski definition) is 1. The standard InChI is InChI=1S/CH4O.2ClH.Cu.2H2O/c1-2;;;;;/h2H,1H3;2*1H;;2*1H2/q;;;+2;;/p-2. The molecule has 0 aromatic carbocycles. The van der Waals surface area contributed by atoms with E-state index in [1.165, 1.54) is 0 Å². The van der Waals surface area contributed by atoms with Crippen molar-refractivity contribution >= 4 is 20.2 Å². The SMILES string of the molecule is CO.O.O.[Cl][Cu][Cl]. The molecule has 0 saturated heterocycles. The van der Waals surface area contributed by atoms with E-state index in [-0.39, 0.29) is 11.0 Å². The van der Waals surface area contributed by atoms with Crippen molar-refractivity contribution in [3.63, 3.8) is 0 Å². The van der Waals surface area contributed by atoms with Crippen LogP contribution < -0.4 is 0 Å². The molecule has 0 rings (SSSR count). The third-order valence-electron chi connectivity index (χ3n) is 0. The molecule has 0 bridgehead atoms. The molecule has 5 N–H and O–H groups in total. The maximum atomic E-state index is 7.00. The van der Waals surface area contributed by atoms with E-state index in [0.717, 1.165) is 20.2 Å². The topological polar surface area (TPSA) is 83.2 Å². The number of halogens is 2. The van der Waals surface area contributed by atoms with Crippen LogP contribution in [0.1, 0.15) is 0 Å². The molecule has 0 fully saturated rings. The zero-order valence-electron chi connectivity index (χ0n) is 3.50. The third-order valence-corrected chi connectivity index (χ3v) is 0. The normalized spacial score (nSPS) is 4.00. The van der Waals surface area contributed by atoms with Crippen molar-refractivity contribution in [2.24, 2.45) is 0 Å². The number of aliphatic hydroxyl groups excluding tert-OH is 1. The van der Waals surface area contributed by atoms with E-state index in [9.17, 15) is 0 Å². The van der Waals surface area contributed by atoms with Gasteiger partial charge in [-0.05, 0) is 0 Å². The van der Waals surface area contributed by atoms with E-state index in [0.29, 0.717) is 0 Å². The fourth-order valence-electron chi connectivity index (χ4n) is 0. The fraction of sp³-hybridized carbons (Fsp3) is 1.00. The van der Waals surface area contributed by atoms with Crippen LogP contribution in [0.2, 0.25) is 0 Å². The zero-order chi connectivity index (χ0) is 4.71. The second-order valence-electron chi connectivity index (χ2n) is 0.0431. The summed E-state index contributed by atoms with van der Waals surface area (Å²) in [5.74, 6) is 0. The van der Waals surface area contributed by atoms with Crippen LogP contribution in [0.15, 0.2) is 0 Å². The van der Waals surface area contributed by atoms with Gasteiger partial charge in [0.25, 0.3) is 0 Å². The van der Waals surface area contributed by atoms with Crippen LogP contribution in [0.3, 0.4) is 0 Å². The van der Waals surface area contributed by atoms with Crippen LogP contribution in [-0.2, 0) is 13.1 Å². The van der Waals surface area contributed by atoms with Crippen LogP contribution in [-0.4, -0.2) is 23.2 Å². The molecule has 0 aliphatic rings. The Morgan fingerprint density at radius 3 is 1.14 bits per heavy atom. The van der Waals surface area contributed by atoms with Gasteiger partial charge in [-0.15, -0.1) is 0 Å². The summed E-state index contributed by atoms with van der Waals surface area (Å²) in [6.45, 7) is 0. The van der Waals surface area contributed by atoms with Gasteiger partial charge in [-0.1, -0.05) is 0 Å². The van der Waals surface area contributed by atoms with Crippen molar-refractivity contribution in [1.29, 1.82) is 0 Å². The molecule has 0 aromatic rings. The van der Waals surface area contributed by atoms with Crippen molar-refractivity contribution in [3.05, 3.63) is 0 Å². The monoisotopic (exact) mass is 201 g/mol. The van der Waals surface area contributed by atoms with Crippen LogP contribution in [0.4, 0.5) is 0 Å². The van der Waals surface area contributed by atoms with Crippen LogP contribution in [0.25, 0.3) is 0 Å². The Labute approximate surface area is 56.8 Å². The summed E-state index contributed by atoms with van der Waals surface area (Å²) in [6, 6.07) is 0. The van der Waals surface area contributed by atoms with E-state index >= 15 is 0 Å². The van der Waals surface area contributed by atoms with Gasteiger partial charge in [-0.3, -0.25) is 0 Å². The second-order valence-corrected chi connectivity index (χ2v) is 1.60. The zero-order valence-corrected chi connectivity index (χ0v) is 5.96. The molecule has 0 spiro atoms. The first-order valence-electron chi connectivity index (χ1n) is 0.675. The van der Waals surface area contributed by atoms with E-state index in [4.69, 9.17) is 5.11 Å². The van der Waals surface area contributed by atoms with Crippen molar-refractivity contribution in [2.45, 2.75) is 0 Å². The maximum absolute atomic E-state index is 7.00. The predicted molar refractivity (Wildman–Crippen MR) is 27.1 cm³/mol. The molecule has 3 nitrogen and oxygen atoms in total. The molecular formula is CH8Cl2CuO3. The van der Waals surface area contributed by atoms with Crippen molar-refractivity contribution in [3.8, 4) is 0 Å². The van der Waals surface area contributed by atoms with Gasteiger partial charge in [0.05, 0.1) is 0 Å². The van der Waals surface area contributed by atoms with Crippen molar-refractivity contribution in [1.82, 2.24) is 0 Å². The third kappa shape index (κ3) is 180. The van der Waals surface area contributed by atoms with Gasteiger partial charge in [-0.2, -0.15) is 0 Å². The van der Waals surface area contributed by atoms with Crippen molar-refractivity contribution < 1.29 is 29.2 Å². The van der Waals surface area contributed by atoms with E-state index in [1.54, 1.807) is 0 Å². The fourth-order valence-corrected chi connectivity index (χ4v) is 0. The van der Waals surface area contributed by atoms with Gasteiger partial charge in [0.1, 0.15) is 0 Å². The quantitative estimate of drug-likeness (QED) is 0.520. The molecular weight excluding hydrogens is 194 g/mol. The van der Waals surface area contributed by atoms with Gasteiger partial charge < -0.3 is 16.1 Å². The van der Waals surface area contributed by atoms with Gasteiger partial charge >= 0.3 is 33.3 Å². The molecule has 7 heavy (non-hydrogen) atoms. The summed E-state index contributed by atoms with van der Waals surface area (Å²) < 4.78 is 0. The van der Waals surface area contributed by atoms with Gasteiger partial charge in [0.15, 0.2) is 0 Å². The van der Waals surface area contributed by atoms with Crippen molar-refractivity contribution in [2.75, 3.05) is 7.11 Å². The Balaban J connectivity index is -0.0000000105.